The molecule has 0 aliphatic carbocycles. The van der Waals surface area contributed by atoms with Gasteiger partial charge in [-0.15, -0.1) is 0 Å². The number of amides is 2. The average molecular weight is 241 g/mol. The van der Waals surface area contributed by atoms with Gasteiger partial charge in [-0.25, -0.2) is 0 Å². The number of hydrogen-bond acceptors (Lipinski definition) is 3. The van der Waals surface area contributed by atoms with Gasteiger partial charge >= 0.3 is 0 Å². The maximum atomic E-state index is 11.8. The van der Waals surface area contributed by atoms with Crippen molar-refractivity contribution in [2.75, 3.05) is 6.54 Å². The Labute approximate surface area is 103 Å². The van der Waals surface area contributed by atoms with Crippen molar-refractivity contribution in [3.63, 3.8) is 0 Å². The summed E-state index contributed by atoms with van der Waals surface area (Å²) in [6.07, 6.45) is 3.57. The van der Waals surface area contributed by atoms with Crippen LogP contribution in [0.2, 0.25) is 0 Å². The van der Waals surface area contributed by atoms with Crippen molar-refractivity contribution in [2.24, 2.45) is 5.92 Å². The predicted molar refractivity (Wildman–Crippen MR) is 65.3 cm³/mol. The van der Waals surface area contributed by atoms with Crippen LogP contribution in [0.5, 0.6) is 0 Å². The smallest absolute Gasteiger partial charge is 0.229 e. The minimum absolute atomic E-state index is 0.127. The molecule has 98 valence electrons. The van der Waals surface area contributed by atoms with Gasteiger partial charge in [-0.2, -0.15) is 0 Å². The molecule has 1 atom stereocenters. The molecular weight excluding hydrogens is 218 g/mol. The molecular formula is C13H23NO3. The summed E-state index contributed by atoms with van der Waals surface area (Å²) < 4.78 is 0. The summed E-state index contributed by atoms with van der Waals surface area (Å²) in [6, 6.07) is 0. The fraction of sp³-hybridized carbons (Fsp3) is 0.846. The fourth-order valence-corrected chi connectivity index (χ4v) is 2.33. The Morgan fingerprint density at radius 3 is 2.00 bits per heavy atom. The van der Waals surface area contributed by atoms with Gasteiger partial charge in [-0.3, -0.25) is 14.5 Å². The van der Waals surface area contributed by atoms with Gasteiger partial charge in [0.25, 0.3) is 0 Å². The maximum absolute atomic E-state index is 11.8. The predicted octanol–water partition coefficient (Wildman–Crippen LogP) is 1.71. The minimum atomic E-state index is -0.587. The third-order valence-corrected chi connectivity index (χ3v) is 3.60. The Bertz CT molecular complexity index is 256. The van der Waals surface area contributed by atoms with Crippen LogP contribution in [0.4, 0.5) is 0 Å². The summed E-state index contributed by atoms with van der Waals surface area (Å²) in [6.45, 7) is 4.21. The highest BCUT2D eigenvalue weighted by Gasteiger charge is 2.28. The fourth-order valence-electron chi connectivity index (χ4n) is 2.33. The number of rotatable bonds is 5. The molecule has 0 radical (unpaired) electrons. The first kappa shape index (κ1) is 14.2. The van der Waals surface area contributed by atoms with Gasteiger partial charge in [0.1, 0.15) is 0 Å². The van der Waals surface area contributed by atoms with E-state index in [1.807, 2.05) is 13.8 Å². The van der Waals surface area contributed by atoms with E-state index in [4.69, 9.17) is 0 Å². The number of β-amino-alcohol motifs (C(OH)–C–C–N with tert-alkyl or cyclic N) is 1. The summed E-state index contributed by atoms with van der Waals surface area (Å²) >= 11 is 0. The van der Waals surface area contributed by atoms with Crippen molar-refractivity contribution in [1.29, 1.82) is 0 Å². The molecule has 0 bridgehead atoms. The molecule has 4 nitrogen and oxygen atoms in total. The van der Waals surface area contributed by atoms with Crippen molar-refractivity contribution >= 4 is 11.8 Å². The molecule has 4 heteroatoms. The molecule has 1 unspecified atom stereocenters. The van der Waals surface area contributed by atoms with E-state index in [0.717, 1.165) is 25.7 Å². The Morgan fingerprint density at radius 2 is 1.59 bits per heavy atom. The molecule has 1 rings (SSSR count). The van der Waals surface area contributed by atoms with E-state index in [1.165, 1.54) is 4.90 Å². The Kier molecular flexibility index (Phi) is 5.62. The van der Waals surface area contributed by atoms with Gasteiger partial charge in [0.2, 0.25) is 11.8 Å². The Balaban J connectivity index is 2.63. The van der Waals surface area contributed by atoms with Crippen LogP contribution in [0.15, 0.2) is 0 Å². The van der Waals surface area contributed by atoms with Crippen LogP contribution < -0.4 is 0 Å². The third-order valence-electron chi connectivity index (χ3n) is 3.60. The number of aliphatic hydroxyl groups excluding tert-OH is 1. The monoisotopic (exact) mass is 241 g/mol. The normalized spacial score (nSPS) is 19.6. The first-order valence-electron chi connectivity index (χ1n) is 6.61. The molecule has 1 N–H and O–H groups in total. The highest BCUT2D eigenvalue weighted by molar-refractivity contribution is 5.96. The second-order valence-electron chi connectivity index (χ2n) is 4.75. The first-order valence-corrected chi connectivity index (χ1v) is 6.61. The van der Waals surface area contributed by atoms with Crippen LogP contribution in [0, 0.1) is 5.92 Å². The molecule has 0 aromatic heterocycles. The lowest BCUT2D eigenvalue weighted by Gasteiger charge is -2.26. The first-order chi connectivity index (χ1) is 8.10. The van der Waals surface area contributed by atoms with Crippen molar-refractivity contribution in [2.45, 2.75) is 58.5 Å². The van der Waals surface area contributed by atoms with Crippen LogP contribution in [-0.4, -0.2) is 34.5 Å². The SMILES string of the molecule is CCC(CC)C(O)CN1C(=O)CCCCC1=O. The van der Waals surface area contributed by atoms with E-state index in [1.54, 1.807) is 0 Å². The van der Waals surface area contributed by atoms with Crippen LogP contribution in [0.25, 0.3) is 0 Å². The lowest BCUT2D eigenvalue weighted by atomic mass is 9.96. The molecule has 2 amide bonds. The van der Waals surface area contributed by atoms with E-state index in [9.17, 15) is 14.7 Å². The molecule has 17 heavy (non-hydrogen) atoms. The maximum Gasteiger partial charge on any atom is 0.229 e. The number of hydrogen-bond donors (Lipinski definition) is 1. The van der Waals surface area contributed by atoms with E-state index >= 15 is 0 Å². The number of aliphatic hydroxyl groups is 1. The van der Waals surface area contributed by atoms with Crippen molar-refractivity contribution in [3.05, 3.63) is 0 Å². The summed E-state index contributed by atoms with van der Waals surface area (Å²) in [5.41, 5.74) is 0. The summed E-state index contributed by atoms with van der Waals surface area (Å²) in [4.78, 5) is 24.8. The summed E-state index contributed by atoms with van der Waals surface area (Å²) in [5.74, 6) is -0.0890. The lowest BCUT2D eigenvalue weighted by Crippen LogP contribution is -2.42. The van der Waals surface area contributed by atoms with Gasteiger partial charge in [-0.05, 0) is 18.8 Å². The lowest BCUT2D eigenvalue weighted by molar-refractivity contribution is -0.146. The average Bonchev–Trinajstić information content (AvgIpc) is 2.46. The van der Waals surface area contributed by atoms with Gasteiger partial charge in [0.05, 0.1) is 12.6 Å². The zero-order chi connectivity index (χ0) is 12.8. The number of carbonyl (C=O) groups excluding carboxylic acids is 2. The van der Waals surface area contributed by atoms with Gasteiger partial charge < -0.3 is 5.11 Å². The molecule has 1 heterocycles. The summed E-state index contributed by atoms with van der Waals surface area (Å²) in [5, 5.41) is 10.0. The molecule has 0 aromatic rings. The molecule has 0 spiro atoms. The number of imide groups is 1. The number of carbonyl (C=O) groups is 2. The minimum Gasteiger partial charge on any atom is -0.391 e. The second-order valence-corrected chi connectivity index (χ2v) is 4.75. The van der Waals surface area contributed by atoms with E-state index in [2.05, 4.69) is 0 Å². The quantitative estimate of drug-likeness (QED) is 0.745. The second kappa shape index (κ2) is 6.74. The van der Waals surface area contributed by atoms with Crippen molar-refractivity contribution in [3.8, 4) is 0 Å². The summed E-state index contributed by atoms with van der Waals surface area (Å²) in [7, 11) is 0. The zero-order valence-electron chi connectivity index (χ0n) is 10.8. The van der Waals surface area contributed by atoms with Gasteiger partial charge in [0, 0.05) is 12.8 Å². The highest BCUT2D eigenvalue weighted by atomic mass is 16.3. The van der Waals surface area contributed by atoms with Crippen LogP contribution in [0.1, 0.15) is 52.4 Å². The molecule has 0 aromatic carbocycles. The van der Waals surface area contributed by atoms with Gasteiger partial charge in [-0.1, -0.05) is 26.7 Å². The topological polar surface area (TPSA) is 57.6 Å². The largest absolute Gasteiger partial charge is 0.391 e. The third kappa shape index (κ3) is 3.80. The molecule has 1 aliphatic heterocycles. The standard InChI is InChI=1S/C13H23NO3/c1-3-10(4-2)11(15)9-14-12(16)7-5-6-8-13(14)17/h10-11,15H,3-9H2,1-2H3. The molecule has 1 aliphatic rings. The van der Waals surface area contributed by atoms with E-state index < -0.39 is 6.10 Å². The van der Waals surface area contributed by atoms with Crippen LogP contribution >= 0.6 is 0 Å². The van der Waals surface area contributed by atoms with E-state index in [0.29, 0.717) is 12.8 Å². The molecule has 1 fully saturated rings. The van der Waals surface area contributed by atoms with E-state index in [-0.39, 0.29) is 24.3 Å². The van der Waals surface area contributed by atoms with Crippen LogP contribution in [0.3, 0.4) is 0 Å². The zero-order valence-corrected chi connectivity index (χ0v) is 10.8. The molecule has 1 saturated heterocycles. The Hall–Kier alpha value is -0.900. The van der Waals surface area contributed by atoms with Crippen molar-refractivity contribution < 1.29 is 14.7 Å². The van der Waals surface area contributed by atoms with Crippen molar-refractivity contribution in [1.82, 2.24) is 4.90 Å². The Morgan fingerprint density at radius 1 is 1.12 bits per heavy atom. The number of nitrogens with zero attached hydrogens (tertiary/aromatic N) is 1. The molecule has 0 saturated carbocycles. The van der Waals surface area contributed by atoms with Gasteiger partial charge in [0.15, 0.2) is 0 Å². The van der Waals surface area contributed by atoms with Crippen LogP contribution in [-0.2, 0) is 9.59 Å². The number of likely N-dealkylation sites (tertiary alicyclic amines) is 1. The highest BCUT2D eigenvalue weighted by Crippen LogP contribution is 2.18.